The fourth-order valence-electron chi connectivity index (χ4n) is 3.03. The highest BCUT2D eigenvalue weighted by Gasteiger charge is 2.20. The van der Waals surface area contributed by atoms with Crippen molar-refractivity contribution >= 4 is 17.6 Å². The summed E-state index contributed by atoms with van der Waals surface area (Å²) in [6.45, 7) is 7.01. The number of anilines is 1. The number of para-hydroxylation sites is 1. The Hall–Kier alpha value is -2.86. The van der Waals surface area contributed by atoms with Crippen molar-refractivity contribution in [3.8, 4) is 5.75 Å². The van der Waals surface area contributed by atoms with Crippen molar-refractivity contribution in [3.05, 3.63) is 59.7 Å². The van der Waals surface area contributed by atoms with Gasteiger partial charge < -0.3 is 20.5 Å². The molecular formula is C25H34N2O4. The van der Waals surface area contributed by atoms with Crippen LogP contribution in [0.5, 0.6) is 5.75 Å². The van der Waals surface area contributed by atoms with Gasteiger partial charge in [0, 0.05) is 11.2 Å². The lowest BCUT2D eigenvalue weighted by Crippen LogP contribution is -2.39. The van der Waals surface area contributed by atoms with E-state index in [-0.39, 0.29) is 18.1 Å². The van der Waals surface area contributed by atoms with Crippen LogP contribution in [0.4, 0.5) is 5.69 Å². The van der Waals surface area contributed by atoms with Gasteiger partial charge in [0.15, 0.2) is 0 Å². The van der Waals surface area contributed by atoms with Crippen molar-refractivity contribution in [1.82, 2.24) is 0 Å². The molecule has 0 fully saturated rings. The molecule has 0 saturated carbocycles. The number of benzene rings is 2. The van der Waals surface area contributed by atoms with Crippen LogP contribution >= 0.6 is 0 Å². The number of carbonyl (C=O) groups is 2. The number of rotatable bonds is 12. The van der Waals surface area contributed by atoms with Crippen LogP contribution in [-0.2, 0) is 4.74 Å². The third-order valence-corrected chi connectivity index (χ3v) is 5.51. The molecule has 2 aromatic carbocycles. The minimum atomic E-state index is -0.401. The van der Waals surface area contributed by atoms with E-state index in [9.17, 15) is 9.59 Å². The molecule has 2 rings (SSSR count). The molecule has 3 N–H and O–H groups in total. The summed E-state index contributed by atoms with van der Waals surface area (Å²) in [5.41, 5.74) is 7.42. The van der Waals surface area contributed by atoms with E-state index in [4.69, 9.17) is 15.2 Å². The second-order valence-corrected chi connectivity index (χ2v) is 7.69. The molecule has 0 heterocycles. The second kappa shape index (κ2) is 12.1. The molecule has 6 nitrogen and oxygen atoms in total. The summed E-state index contributed by atoms with van der Waals surface area (Å²) in [5, 5.41) is 2.85. The van der Waals surface area contributed by atoms with Gasteiger partial charge in [0.2, 0.25) is 0 Å². The summed E-state index contributed by atoms with van der Waals surface area (Å²) >= 11 is 0. The lowest BCUT2D eigenvalue weighted by molar-refractivity contribution is 0.0472. The van der Waals surface area contributed by atoms with Crippen LogP contribution in [0.2, 0.25) is 0 Å². The predicted molar refractivity (Wildman–Crippen MR) is 124 cm³/mol. The van der Waals surface area contributed by atoms with Crippen molar-refractivity contribution in [2.75, 3.05) is 18.5 Å². The average Bonchev–Trinajstić information content (AvgIpc) is 2.79. The molecule has 0 unspecified atom stereocenters. The van der Waals surface area contributed by atoms with Crippen molar-refractivity contribution in [3.63, 3.8) is 0 Å². The monoisotopic (exact) mass is 426 g/mol. The molecule has 31 heavy (non-hydrogen) atoms. The van der Waals surface area contributed by atoms with Gasteiger partial charge in [0.25, 0.3) is 5.91 Å². The van der Waals surface area contributed by atoms with E-state index in [1.165, 1.54) is 0 Å². The molecule has 0 spiro atoms. The van der Waals surface area contributed by atoms with E-state index < -0.39 is 5.97 Å². The van der Waals surface area contributed by atoms with E-state index in [1.807, 2.05) is 19.9 Å². The van der Waals surface area contributed by atoms with Gasteiger partial charge in [0.1, 0.15) is 5.75 Å². The number of carbonyl (C=O) groups excluding carboxylic acids is 2. The fourth-order valence-corrected chi connectivity index (χ4v) is 3.03. The SMILES string of the molecule is CCCCOc1ccccc1C(=O)Nc1ccc(C(=O)OCCC(N)(CC)CC)cc1. The van der Waals surface area contributed by atoms with E-state index in [2.05, 4.69) is 12.2 Å². The van der Waals surface area contributed by atoms with Crippen LogP contribution in [0.25, 0.3) is 0 Å². The number of nitrogens with two attached hydrogens (primary N) is 1. The Morgan fingerprint density at radius 2 is 1.65 bits per heavy atom. The lowest BCUT2D eigenvalue weighted by atomic mass is 9.91. The van der Waals surface area contributed by atoms with Crippen molar-refractivity contribution in [1.29, 1.82) is 0 Å². The van der Waals surface area contributed by atoms with Crippen LogP contribution in [0, 0.1) is 0 Å². The summed E-state index contributed by atoms with van der Waals surface area (Å²) in [7, 11) is 0. The van der Waals surface area contributed by atoms with Gasteiger partial charge in [0.05, 0.1) is 24.3 Å². The zero-order valence-electron chi connectivity index (χ0n) is 18.8. The number of nitrogens with one attached hydrogen (secondary N) is 1. The van der Waals surface area contributed by atoms with Gasteiger partial charge in [-0.2, -0.15) is 0 Å². The molecule has 1 amide bonds. The maximum absolute atomic E-state index is 12.7. The maximum Gasteiger partial charge on any atom is 0.338 e. The highest BCUT2D eigenvalue weighted by atomic mass is 16.5. The zero-order valence-corrected chi connectivity index (χ0v) is 18.8. The Labute approximate surface area is 185 Å². The Morgan fingerprint density at radius 3 is 2.29 bits per heavy atom. The number of unbranched alkanes of at least 4 members (excludes halogenated alkanes) is 1. The Balaban J connectivity index is 1.94. The maximum atomic E-state index is 12.7. The van der Waals surface area contributed by atoms with Crippen LogP contribution in [0.3, 0.4) is 0 Å². The summed E-state index contributed by atoms with van der Waals surface area (Å²) in [6, 6.07) is 13.8. The van der Waals surface area contributed by atoms with Crippen LogP contribution in [0.1, 0.15) is 73.6 Å². The summed E-state index contributed by atoms with van der Waals surface area (Å²) in [6.07, 6.45) is 4.24. The van der Waals surface area contributed by atoms with Gasteiger partial charge in [-0.25, -0.2) is 4.79 Å². The van der Waals surface area contributed by atoms with Crippen molar-refractivity contribution in [2.24, 2.45) is 5.73 Å². The highest BCUT2D eigenvalue weighted by Crippen LogP contribution is 2.21. The third-order valence-electron chi connectivity index (χ3n) is 5.51. The van der Waals surface area contributed by atoms with Crippen LogP contribution in [0.15, 0.2) is 48.5 Å². The average molecular weight is 427 g/mol. The Bertz CT molecular complexity index is 845. The first-order valence-corrected chi connectivity index (χ1v) is 11.0. The molecule has 6 heteroatoms. The van der Waals surface area contributed by atoms with Crippen LogP contribution in [-0.4, -0.2) is 30.6 Å². The van der Waals surface area contributed by atoms with E-state index in [0.29, 0.717) is 35.6 Å². The zero-order chi connectivity index (χ0) is 22.7. The molecule has 168 valence electrons. The molecule has 2 aromatic rings. The topological polar surface area (TPSA) is 90.6 Å². The molecule has 0 aliphatic carbocycles. The van der Waals surface area contributed by atoms with Crippen molar-refractivity contribution in [2.45, 2.75) is 58.4 Å². The summed E-state index contributed by atoms with van der Waals surface area (Å²) in [4.78, 5) is 24.9. The number of hydrogen-bond donors (Lipinski definition) is 2. The molecule has 0 bridgehead atoms. The number of esters is 1. The number of amides is 1. The lowest BCUT2D eigenvalue weighted by Gasteiger charge is -2.26. The first-order valence-electron chi connectivity index (χ1n) is 11.0. The smallest absolute Gasteiger partial charge is 0.338 e. The molecular weight excluding hydrogens is 392 g/mol. The van der Waals surface area contributed by atoms with E-state index in [1.54, 1.807) is 42.5 Å². The predicted octanol–water partition coefficient (Wildman–Crippen LogP) is 5.18. The second-order valence-electron chi connectivity index (χ2n) is 7.69. The van der Waals surface area contributed by atoms with Crippen LogP contribution < -0.4 is 15.8 Å². The summed E-state index contributed by atoms with van der Waals surface area (Å²) in [5.74, 6) is -0.105. The molecule has 0 aliphatic rings. The normalized spacial score (nSPS) is 11.1. The molecule has 0 aromatic heterocycles. The minimum Gasteiger partial charge on any atom is -0.493 e. The third kappa shape index (κ3) is 7.40. The van der Waals surface area contributed by atoms with Gasteiger partial charge in [-0.3, -0.25) is 4.79 Å². The van der Waals surface area contributed by atoms with E-state index in [0.717, 1.165) is 25.7 Å². The highest BCUT2D eigenvalue weighted by molar-refractivity contribution is 6.06. The summed E-state index contributed by atoms with van der Waals surface area (Å²) < 4.78 is 11.1. The Kier molecular flexibility index (Phi) is 9.53. The quantitative estimate of drug-likeness (QED) is 0.360. The standard InChI is InChI=1S/C25H34N2O4/c1-4-7-17-30-22-11-9-8-10-21(22)23(28)27-20-14-12-19(13-15-20)24(29)31-18-16-25(26,5-2)6-3/h8-15H,4-7,16-18,26H2,1-3H3,(H,27,28). The van der Waals surface area contributed by atoms with Gasteiger partial charge in [-0.15, -0.1) is 0 Å². The molecule has 0 aliphatic heterocycles. The first kappa shape index (κ1) is 24.4. The number of ether oxygens (including phenoxy) is 2. The Morgan fingerprint density at radius 1 is 0.968 bits per heavy atom. The van der Waals surface area contributed by atoms with Gasteiger partial charge in [-0.1, -0.05) is 39.3 Å². The molecule has 0 atom stereocenters. The van der Waals surface area contributed by atoms with Gasteiger partial charge >= 0.3 is 5.97 Å². The van der Waals surface area contributed by atoms with Crippen molar-refractivity contribution < 1.29 is 19.1 Å². The molecule has 0 radical (unpaired) electrons. The van der Waals surface area contributed by atoms with E-state index >= 15 is 0 Å². The van der Waals surface area contributed by atoms with Gasteiger partial charge in [-0.05, 0) is 62.1 Å². The molecule has 0 saturated heterocycles. The first-order chi connectivity index (χ1) is 14.9. The largest absolute Gasteiger partial charge is 0.493 e. The number of hydrogen-bond acceptors (Lipinski definition) is 5. The fraction of sp³-hybridized carbons (Fsp3) is 0.440. The minimum absolute atomic E-state index is 0.263.